The van der Waals surface area contributed by atoms with Gasteiger partial charge in [0.15, 0.2) is 6.61 Å². The molecular weight excluding hydrogens is 410 g/mol. The van der Waals surface area contributed by atoms with Crippen LogP contribution < -0.4 is 0 Å². The first kappa shape index (κ1) is 22.0. The molecule has 2 aliphatic rings. The molecule has 2 heterocycles. The van der Waals surface area contributed by atoms with E-state index in [1.54, 1.807) is 16.7 Å². The maximum absolute atomic E-state index is 13.1. The van der Waals surface area contributed by atoms with Gasteiger partial charge in [0.1, 0.15) is 0 Å². The summed E-state index contributed by atoms with van der Waals surface area (Å²) in [5.74, 6) is -0.274. The lowest BCUT2D eigenvalue weighted by molar-refractivity contribution is -0.136. The second kappa shape index (κ2) is 9.54. The standard InChI is InChI=1S/C24H29N3O5/c1-3-31-24(30)27-12-10-26(11-13-27)21(28)15-32-23(29)22-17-6-4-5-7-19(17)25-20-9-8-16(2)14-18(20)22/h4-7,16H,3,8-15H2,1-2H3/t16-/m0/s1. The number of hydrogen-bond donors (Lipinski definition) is 0. The monoisotopic (exact) mass is 439 g/mol. The van der Waals surface area contributed by atoms with Gasteiger partial charge in [0.25, 0.3) is 5.91 Å². The summed E-state index contributed by atoms with van der Waals surface area (Å²) in [6, 6.07) is 7.57. The van der Waals surface area contributed by atoms with Gasteiger partial charge in [-0.1, -0.05) is 25.1 Å². The molecule has 32 heavy (non-hydrogen) atoms. The third kappa shape index (κ3) is 4.54. The number of ether oxygens (including phenoxy) is 2. The SMILES string of the molecule is CCOC(=O)N1CCN(C(=O)COC(=O)c2c3c(nc4ccccc24)CC[C@H](C)C3)CC1. The fourth-order valence-electron chi connectivity index (χ4n) is 4.44. The number of nitrogens with zero attached hydrogens (tertiary/aromatic N) is 3. The Balaban J connectivity index is 1.44. The number of aryl methyl sites for hydroxylation is 1. The number of carbonyl (C=O) groups is 3. The number of benzene rings is 1. The van der Waals surface area contributed by atoms with Crippen LogP contribution in [-0.2, 0) is 27.1 Å². The van der Waals surface area contributed by atoms with Gasteiger partial charge >= 0.3 is 12.1 Å². The summed E-state index contributed by atoms with van der Waals surface area (Å²) in [4.78, 5) is 45.6. The second-order valence-electron chi connectivity index (χ2n) is 8.42. The van der Waals surface area contributed by atoms with Gasteiger partial charge in [-0.25, -0.2) is 9.59 Å². The van der Waals surface area contributed by atoms with Crippen LogP contribution in [0.2, 0.25) is 0 Å². The molecule has 1 fully saturated rings. The van der Waals surface area contributed by atoms with Crippen LogP contribution in [0.4, 0.5) is 4.79 Å². The first-order chi connectivity index (χ1) is 15.5. The zero-order valence-corrected chi connectivity index (χ0v) is 18.6. The van der Waals surface area contributed by atoms with E-state index < -0.39 is 5.97 Å². The number of esters is 1. The molecule has 2 aromatic rings. The Morgan fingerprint density at radius 2 is 1.78 bits per heavy atom. The van der Waals surface area contributed by atoms with E-state index in [4.69, 9.17) is 14.5 Å². The molecule has 8 heteroatoms. The van der Waals surface area contributed by atoms with E-state index >= 15 is 0 Å². The Morgan fingerprint density at radius 3 is 2.53 bits per heavy atom. The van der Waals surface area contributed by atoms with Gasteiger partial charge in [-0.05, 0) is 43.7 Å². The number of hydrogen-bond acceptors (Lipinski definition) is 6. The molecule has 0 unspecified atom stereocenters. The van der Waals surface area contributed by atoms with E-state index in [-0.39, 0.29) is 18.6 Å². The van der Waals surface area contributed by atoms with Crippen LogP contribution in [-0.4, -0.2) is 72.1 Å². The van der Waals surface area contributed by atoms with Crippen molar-refractivity contribution in [3.05, 3.63) is 41.1 Å². The summed E-state index contributed by atoms with van der Waals surface area (Å²) in [5.41, 5.74) is 3.21. The highest BCUT2D eigenvalue weighted by atomic mass is 16.6. The van der Waals surface area contributed by atoms with Gasteiger partial charge in [-0.3, -0.25) is 9.78 Å². The smallest absolute Gasteiger partial charge is 0.409 e. The molecule has 1 aliphatic carbocycles. The molecule has 1 aromatic carbocycles. The summed E-state index contributed by atoms with van der Waals surface area (Å²) in [5, 5.41) is 0.765. The maximum atomic E-state index is 13.1. The predicted octanol–water partition coefficient (Wildman–Crippen LogP) is 2.82. The number of para-hydroxylation sites is 1. The van der Waals surface area contributed by atoms with E-state index in [1.807, 2.05) is 24.3 Å². The minimum atomic E-state index is -0.479. The molecule has 0 bridgehead atoms. The lowest BCUT2D eigenvalue weighted by Crippen LogP contribution is -2.51. The normalized spacial score (nSPS) is 18.2. The minimum absolute atomic E-state index is 0.262. The van der Waals surface area contributed by atoms with Crippen LogP contribution in [0.3, 0.4) is 0 Å². The minimum Gasteiger partial charge on any atom is -0.452 e. The molecule has 0 radical (unpaired) electrons. The van der Waals surface area contributed by atoms with Gasteiger partial charge < -0.3 is 19.3 Å². The van der Waals surface area contributed by atoms with Gasteiger partial charge in [-0.15, -0.1) is 0 Å². The fourth-order valence-corrected chi connectivity index (χ4v) is 4.44. The largest absolute Gasteiger partial charge is 0.452 e. The maximum Gasteiger partial charge on any atom is 0.409 e. The van der Waals surface area contributed by atoms with E-state index in [1.165, 1.54) is 0 Å². The van der Waals surface area contributed by atoms with Crippen molar-refractivity contribution < 1.29 is 23.9 Å². The highest BCUT2D eigenvalue weighted by Crippen LogP contribution is 2.32. The van der Waals surface area contributed by atoms with Crippen LogP contribution in [0, 0.1) is 5.92 Å². The van der Waals surface area contributed by atoms with Gasteiger partial charge in [0.05, 0.1) is 17.7 Å². The molecule has 0 saturated carbocycles. The average Bonchev–Trinajstić information content (AvgIpc) is 2.81. The third-order valence-electron chi connectivity index (χ3n) is 6.19. The highest BCUT2D eigenvalue weighted by Gasteiger charge is 2.28. The van der Waals surface area contributed by atoms with E-state index in [2.05, 4.69) is 6.92 Å². The average molecular weight is 440 g/mol. The predicted molar refractivity (Wildman–Crippen MR) is 118 cm³/mol. The van der Waals surface area contributed by atoms with Crippen molar-refractivity contribution in [2.24, 2.45) is 5.92 Å². The highest BCUT2D eigenvalue weighted by molar-refractivity contribution is 6.05. The quantitative estimate of drug-likeness (QED) is 0.681. The van der Waals surface area contributed by atoms with E-state index in [0.29, 0.717) is 44.3 Å². The molecule has 0 N–H and O–H groups in total. The van der Waals surface area contributed by atoms with Crippen molar-refractivity contribution in [2.75, 3.05) is 39.4 Å². The summed E-state index contributed by atoms with van der Waals surface area (Å²) in [6.45, 7) is 5.51. The number of carbonyl (C=O) groups excluding carboxylic acids is 3. The number of aromatic nitrogens is 1. The molecule has 4 rings (SSSR count). The van der Waals surface area contributed by atoms with Crippen LogP contribution in [0.25, 0.3) is 10.9 Å². The molecule has 1 aliphatic heterocycles. The van der Waals surface area contributed by atoms with Crippen molar-refractivity contribution in [1.82, 2.24) is 14.8 Å². The Bertz CT molecular complexity index is 1030. The Kier molecular flexibility index (Phi) is 6.58. The summed E-state index contributed by atoms with van der Waals surface area (Å²) in [7, 11) is 0. The zero-order chi connectivity index (χ0) is 22.7. The Labute approximate surface area is 187 Å². The lowest BCUT2D eigenvalue weighted by Gasteiger charge is -2.33. The molecule has 0 spiro atoms. The van der Waals surface area contributed by atoms with Gasteiger partial charge in [-0.2, -0.15) is 0 Å². The van der Waals surface area contributed by atoms with E-state index in [0.717, 1.165) is 41.4 Å². The Hall–Kier alpha value is -3.16. The first-order valence-corrected chi connectivity index (χ1v) is 11.2. The number of piperazine rings is 1. The first-order valence-electron chi connectivity index (χ1n) is 11.2. The number of amides is 2. The summed E-state index contributed by atoms with van der Waals surface area (Å²) >= 11 is 0. The number of pyridine rings is 1. The molecule has 170 valence electrons. The molecule has 2 amide bonds. The lowest BCUT2D eigenvalue weighted by atomic mass is 9.84. The summed E-state index contributed by atoms with van der Waals surface area (Å²) in [6.07, 6.45) is 2.30. The second-order valence-corrected chi connectivity index (χ2v) is 8.42. The molecule has 1 aromatic heterocycles. The van der Waals surface area contributed by atoms with Crippen LogP contribution in [0.5, 0.6) is 0 Å². The van der Waals surface area contributed by atoms with Gasteiger partial charge in [0, 0.05) is 37.3 Å². The molecule has 1 atom stereocenters. The van der Waals surface area contributed by atoms with Crippen molar-refractivity contribution in [3.63, 3.8) is 0 Å². The number of fused-ring (bicyclic) bond motifs is 2. The van der Waals surface area contributed by atoms with Crippen LogP contribution >= 0.6 is 0 Å². The molecule has 8 nitrogen and oxygen atoms in total. The topological polar surface area (TPSA) is 89.0 Å². The molecular formula is C24H29N3O5. The summed E-state index contributed by atoms with van der Waals surface area (Å²) < 4.78 is 10.5. The van der Waals surface area contributed by atoms with Crippen molar-refractivity contribution in [2.45, 2.75) is 33.1 Å². The van der Waals surface area contributed by atoms with Crippen molar-refractivity contribution in [1.29, 1.82) is 0 Å². The van der Waals surface area contributed by atoms with Crippen LogP contribution in [0.15, 0.2) is 24.3 Å². The van der Waals surface area contributed by atoms with Crippen LogP contribution in [0.1, 0.15) is 41.9 Å². The van der Waals surface area contributed by atoms with Crippen molar-refractivity contribution >= 4 is 28.9 Å². The third-order valence-corrected chi connectivity index (χ3v) is 6.19. The van der Waals surface area contributed by atoms with Crippen molar-refractivity contribution in [3.8, 4) is 0 Å². The fraction of sp³-hybridized carbons (Fsp3) is 0.500. The molecule has 1 saturated heterocycles. The van der Waals surface area contributed by atoms with E-state index in [9.17, 15) is 14.4 Å². The number of rotatable bonds is 4. The Morgan fingerprint density at radius 1 is 1.06 bits per heavy atom. The van der Waals surface area contributed by atoms with Gasteiger partial charge in [0.2, 0.25) is 0 Å². The zero-order valence-electron chi connectivity index (χ0n) is 18.6.